The number of ether oxygens (including phenoxy) is 1. The molecule has 0 heterocycles. The smallest absolute Gasteiger partial charge is 0.339 e. The first kappa shape index (κ1) is 14.8. The number of benzene rings is 2. The third-order valence-electron chi connectivity index (χ3n) is 3.09. The van der Waals surface area contributed by atoms with Crippen LogP contribution in [0.25, 0.3) is 0 Å². The summed E-state index contributed by atoms with van der Waals surface area (Å²) in [7, 11) is 1.32. The van der Waals surface area contributed by atoms with Gasteiger partial charge in [-0.15, -0.1) is 0 Å². The number of rotatable bonds is 5. The van der Waals surface area contributed by atoms with Crippen molar-refractivity contribution in [1.29, 1.82) is 0 Å². The second-order valence-corrected chi connectivity index (χ2v) is 4.57. The predicted octanol–water partition coefficient (Wildman–Crippen LogP) is 3.04. The van der Waals surface area contributed by atoms with Gasteiger partial charge in [-0.2, -0.15) is 0 Å². The molecule has 21 heavy (non-hydrogen) atoms. The van der Waals surface area contributed by atoms with Crippen LogP contribution in [0.5, 0.6) is 0 Å². The number of hydrogen-bond donors (Lipinski definition) is 1. The van der Waals surface area contributed by atoms with E-state index in [0.29, 0.717) is 24.1 Å². The lowest BCUT2D eigenvalue weighted by Crippen LogP contribution is -2.15. The Balaban J connectivity index is 1.98. The van der Waals surface area contributed by atoms with Gasteiger partial charge >= 0.3 is 5.97 Å². The van der Waals surface area contributed by atoms with Crippen LogP contribution in [0.4, 0.5) is 5.69 Å². The van der Waals surface area contributed by atoms with Gasteiger partial charge in [0.25, 0.3) is 0 Å². The molecule has 4 nitrogen and oxygen atoms in total. The topological polar surface area (TPSA) is 55.4 Å². The first-order valence-electron chi connectivity index (χ1n) is 6.72. The van der Waals surface area contributed by atoms with Crippen molar-refractivity contribution in [2.75, 3.05) is 12.4 Å². The van der Waals surface area contributed by atoms with Crippen LogP contribution < -0.4 is 5.32 Å². The Morgan fingerprint density at radius 1 is 1.00 bits per heavy atom. The van der Waals surface area contributed by atoms with E-state index in [1.165, 1.54) is 7.11 Å². The number of methoxy groups -OCH3 is 1. The highest BCUT2D eigenvalue weighted by atomic mass is 16.5. The van der Waals surface area contributed by atoms with Crippen LogP contribution in [-0.2, 0) is 16.0 Å². The molecule has 4 heteroatoms. The molecule has 2 aromatic carbocycles. The zero-order chi connectivity index (χ0) is 15.1. The zero-order valence-electron chi connectivity index (χ0n) is 11.8. The maximum absolute atomic E-state index is 12.0. The summed E-state index contributed by atoms with van der Waals surface area (Å²) in [4.78, 5) is 23.6. The van der Waals surface area contributed by atoms with Crippen molar-refractivity contribution in [1.82, 2.24) is 0 Å². The van der Waals surface area contributed by atoms with E-state index in [4.69, 9.17) is 4.74 Å². The Bertz CT molecular complexity index is 623. The molecular weight excluding hydrogens is 266 g/mol. The molecule has 2 aromatic rings. The SMILES string of the molecule is COC(=O)c1ccccc1NC(=O)CCc1ccccc1. The number of para-hydroxylation sites is 1. The van der Waals surface area contributed by atoms with Gasteiger partial charge in [0.15, 0.2) is 0 Å². The summed E-state index contributed by atoms with van der Waals surface area (Å²) in [5.41, 5.74) is 1.93. The Kier molecular flexibility index (Phi) is 5.10. The molecular formula is C17H17NO3. The molecule has 0 bridgehead atoms. The number of carbonyl (C=O) groups excluding carboxylic acids is 2. The van der Waals surface area contributed by atoms with E-state index < -0.39 is 5.97 Å². The maximum Gasteiger partial charge on any atom is 0.339 e. The van der Waals surface area contributed by atoms with E-state index in [0.717, 1.165) is 5.56 Å². The quantitative estimate of drug-likeness (QED) is 0.858. The van der Waals surface area contributed by atoms with E-state index in [2.05, 4.69) is 5.32 Å². The summed E-state index contributed by atoms with van der Waals surface area (Å²) >= 11 is 0. The third kappa shape index (κ3) is 4.18. The minimum atomic E-state index is -0.464. The summed E-state index contributed by atoms with van der Waals surface area (Å²) in [5, 5.41) is 2.76. The van der Waals surface area contributed by atoms with Crippen LogP contribution in [0.3, 0.4) is 0 Å². The second kappa shape index (κ2) is 7.24. The third-order valence-corrected chi connectivity index (χ3v) is 3.09. The van der Waals surface area contributed by atoms with Gasteiger partial charge in [0, 0.05) is 6.42 Å². The van der Waals surface area contributed by atoms with E-state index in [1.807, 2.05) is 30.3 Å². The number of hydrogen-bond acceptors (Lipinski definition) is 3. The van der Waals surface area contributed by atoms with E-state index in [9.17, 15) is 9.59 Å². The minimum Gasteiger partial charge on any atom is -0.465 e. The number of aryl methyl sites for hydroxylation is 1. The monoisotopic (exact) mass is 283 g/mol. The molecule has 1 amide bonds. The van der Waals surface area contributed by atoms with Gasteiger partial charge in [0.2, 0.25) is 5.91 Å². The minimum absolute atomic E-state index is 0.129. The van der Waals surface area contributed by atoms with Crippen molar-refractivity contribution in [2.24, 2.45) is 0 Å². The molecule has 2 rings (SSSR count). The van der Waals surface area contributed by atoms with Crippen LogP contribution in [0.1, 0.15) is 22.3 Å². The van der Waals surface area contributed by atoms with Crippen LogP contribution in [0.2, 0.25) is 0 Å². The van der Waals surface area contributed by atoms with Crippen molar-refractivity contribution >= 4 is 17.6 Å². The predicted molar refractivity (Wildman–Crippen MR) is 81.2 cm³/mol. The summed E-state index contributed by atoms with van der Waals surface area (Å²) in [6.45, 7) is 0. The fourth-order valence-corrected chi connectivity index (χ4v) is 2.00. The highest BCUT2D eigenvalue weighted by Gasteiger charge is 2.12. The number of carbonyl (C=O) groups is 2. The first-order valence-corrected chi connectivity index (χ1v) is 6.72. The molecule has 0 spiro atoms. The Hall–Kier alpha value is -2.62. The average molecular weight is 283 g/mol. The van der Waals surface area contributed by atoms with E-state index >= 15 is 0 Å². The summed E-state index contributed by atoms with van der Waals surface area (Å²) in [6.07, 6.45) is 1.02. The summed E-state index contributed by atoms with van der Waals surface area (Å²) < 4.78 is 4.70. The van der Waals surface area contributed by atoms with E-state index in [1.54, 1.807) is 24.3 Å². The molecule has 0 saturated carbocycles. The normalized spacial score (nSPS) is 9.95. The number of nitrogens with one attached hydrogen (secondary N) is 1. The van der Waals surface area contributed by atoms with Gasteiger partial charge in [-0.25, -0.2) is 4.79 Å². The first-order chi connectivity index (χ1) is 10.2. The fraction of sp³-hybridized carbons (Fsp3) is 0.176. The molecule has 0 saturated heterocycles. The Labute approximate surface area is 123 Å². The van der Waals surface area contributed by atoms with Gasteiger partial charge in [-0.1, -0.05) is 42.5 Å². The molecule has 0 aromatic heterocycles. The molecule has 1 N–H and O–H groups in total. The second-order valence-electron chi connectivity index (χ2n) is 4.57. The van der Waals surface area contributed by atoms with Crippen molar-refractivity contribution in [3.63, 3.8) is 0 Å². The largest absolute Gasteiger partial charge is 0.465 e. The van der Waals surface area contributed by atoms with Gasteiger partial charge in [-0.3, -0.25) is 4.79 Å². The lowest BCUT2D eigenvalue weighted by Gasteiger charge is -2.09. The van der Waals surface area contributed by atoms with Gasteiger partial charge in [-0.05, 0) is 24.1 Å². The molecule has 108 valence electrons. The van der Waals surface area contributed by atoms with Gasteiger partial charge < -0.3 is 10.1 Å². The van der Waals surface area contributed by atoms with E-state index in [-0.39, 0.29) is 5.91 Å². The fourth-order valence-electron chi connectivity index (χ4n) is 2.00. The highest BCUT2D eigenvalue weighted by molar-refractivity contribution is 6.01. The lowest BCUT2D eigenvalue weighted by atomic mass is 10.1. The van der Waals surface area contributed by atoms with Crippen molar-refractivity contribution in [3.05, 3.63) is 65.7 Å². The van der Waals surface area contributed by atoms with Crippen molar-refractivity contribution in [2.45, 2.75) is 12.8 Å². The molecule has 0 unspecified atom stereocenters. The standard InChI is InChI=1S/C17H17NO3/c1-21-17(20)14-9-5-6-10-15(14)18-16(19)12-11-13-7-3-2-4-8-13/h2-10H,11-12H2,1H3,(H,18,19). The molecule has 0 aliphatic carbocycles. The Morgan fingerprint density at radius 2 is 1.67 bits per heavy atom. The van der Waals surface area contributed by atoms with Crippen LogP contribution in [0.15, 0.2) is 54.6 Å². The molecule has 0 aliphatic rings. The number of amides is 1. The lowest BCUT2D eigenvalue weighted by molar-refractivity contribution is -0.116. The summed E-state index contributed by atoms with van der Waals surface area (Å²) in [6, 6.07) is 16.6. The average Bonchev–Trinajstić information content (AvgIpc) is 2.54. The number of esters is 1. The van der Waals surface area contributed by atoms with Gasteiger partial charge in [0.05, 0.1) is 18.4 Å². The summed E-state index contributed by atoms with van der Waals surface area (Å²) in [5.74, 6) is -0.593. The van der Waals surface area contributed by atoms with Crippen molar-refractivity contribution in [3.8, 4) is 0 Å². The highest BCUT2D eigenvalue weighted by Crippen LogP contribution is 2.16. The molecule has 0 radical (unpaired) electrons. The molecule has 0 atom stereocenters. The molecule has 0 aliphatic heterocycles. The Morgan fingerprint density at radius 3 is 2.38 bits per heavy atom. The maximum atomic E-state index is 12.0. The molecule has 0 fully saturated rings. The van der Waals surface area contributed by atoms with Crippen LogP contribution in [0, 0.1) is 0 Å². The van der Waals surface area contributed by atoms with Gasteiger partial charge in [0.1, 0.15) is 0 Å². The van der Waals surface area contributed by atoms with Crippen molar-refractivity contribution < 1.29 is 14.3 Å². The van der Waals surface area contributed by atoms with Crippen LogP contribution >= 0.6 is 0 Å². The van der Waals surface area contributed by atoms with Crippen LogP contribution in [-0.4, -0.2) is 19.0 Å². The zero-order valence-corrected chi connectivity index (χ0v) is 11.8. The number of anilines is 1.